The number of aryl methyl sites for hydroxylation is 2. The molecule has 0 aliphatic carbocycles. The van der Waals surface area contributed by atoms with E-state index >= 15 is 0 Å². The molecule has 0 saturated carbocycles. The number of rotatable bonds is 8. The van der Waals surface area contributed by atoms with E-state index in [1.54, 1.807) is 43.3 Å². The van der Waals surface area contributed by atoms with Crippen molar-refractivity contribution >= 4 is 45.9 Å². The van der Waals surface area contributed by atoms with Gasteiger partial charge in [-0.1, -0.05) is 53.3 Å². The van der Waals surface area contributed by atoms with Gasteiger partial charge >= 0.3 is 17.8 Å². The van der Waals surface area contributed by atoms with E-state index < -0.39 is 35.4 Å². The number of hydrogen-bond acceptors (Lipinski definition) is 10. The van der Waals surface area contributed by atoms with Gasteiger partial charge in [-0.05, 0) is 61.4 Å². The Bertz CT molecular complexity index is 1790. The van der Waals surface area contributed by atoms with Crippen molar-refractivity contribution in [1.82, 2.24) is 4.98 Å². The number of thiazole rings is 1. The molecule has 1 aliphatic heterocycles. The van der Waals surface area contributed by atoms with E-state index in [9.17, 15) is 24.3 Å². The number of esters is 2. The van der Waals surface area contributed by atoms with Crippen LogP contribution < -0.4 is 9.64 Å². The van der Waals surface area contributed by atoms with Crippen LogP contribution in [-0.2, 0) is 25.7 Å². The lowest BCUT2D eigenvalue weighted by atomic mass is 9.94. The highest BCUT2D eigenvalue weighted by atomic mass is 32.1. The maximum atomic E-state index is 13.5. The van der Waals surface area contributed by atoms with Crippen molar-refractivity contribution in [3.05, 3.63) is 117 Å². The molecule has 3 aromatic carbocycles. The maximum absolute atomic E-state index is 13.5. The number of ether oxygens (including phenoxy) is 3. The number of aromatic nitrogens is 1. The van der Waals surface area contributed by atoms with Gasteiger partial charge in [0.2, 0.25) is 0 Å². The second kappa shape index (κ2) is 12.5. The first-order chi connectivity index (χ1) is 21.1. The maximum Gasteiger partial charge on any atom is 0.350 e. The van der Waals surface area contributed by atoms with Crippen LogP contribution >= 0.6 is 11.3 Å². The Morgan fingerprint density at radius 2 is 1.57 bits per heavy atom. The summed E-state index contributed by atoms with van der Waals surface area (Å²) in [5.74, 6) is -2.92. The normalized spacial score (nSPS) is 15.7. The molecule has 1 aromatic heterocycles. The summed E-state index contributed by atoms with van der Waals surface area (Å²) >= 11 is 0.894. The van der Waals surface area contributed by atoms with Gasteiger partial charge in [-0.15, -0.1) is 0 Å². The summed E-state index contributed by atoms with van der Waals surface area (Å²) in [6, 6.07) is 19.4. The zero-order valence-corrected chi connectivity index (χ0v) is 25.1. The fraction of sp³-hybridized carbons (Fsp3) is 0.182. The van der Waals surface area contributed by atoms with Gasteiger partial charge in [0.05, 0.1) is 37.1 Å². The van der Waals surface area contributed by atoms with Crippen LogP contribution in [0.3, 0.4) is 0 Å². The van der Waals surface area contributed by atoms with Gasteiger partial charge in [0.15, 0.2) is 5.13 Å². The highest BCUT2D eigenvalue weighted by Gasteiger charge is 2.48. The molecule has 1 fully saturated rings. The van der Waals surface area contributed by atoms with Gasteiger partial charge in [-0.25, -0.2) is 14.6 Å². The Labute approximate surface area is 257 Å². The number of methoxy groups -OCH3 is 2. The van der Waals surface area contributed by atoms with E-state index in [1.165, 1.54) is 26.4 Å². The smallest absolute Gasteiger partial charge is 0.350 e. The Morgan fingerprint density at radius 3 is 2.20 bits per heavy atom. The SMILES string of the molecule is COC(=O)c1ccc(C2/C(=C(\O)c3ccc(OCc4cccc(C)c4)cc3)C(=O)C(=O)N2c2nc(C)c(C(=O)OC)s2)cc1. The fourth-order valence-electron chi connectivity index (χ4n) is 4.86. The first-order valence-electron chi connectivity index (χ1n) is 13.5. The number of nitrogens with zero attached hydrogens (tertiary/aromatic N) is 2. The lowest BCUT2D eigenvalue weighted by molar-refractivity contribution is -0.132. The van der Waals surface area contributed by atoms with Crippen LogP contribution in [0.5, 0.6) is 5.75 Å². The monoisotopic (exact) mass is 612 g/mol. The topological polar surface area (TPSA) is 132 Å². The largest absolute Gasteiger partial charge is 0.507 e. The molecule has 44 heavy (non-hydrogen) atoms. The summed E-state index contributed by atoms with van der Waals surface area (Å²) in [5, 5.41) is 11.6. The van der Waals surface area contributed by atoms with E-state index in [2.05, 4.69) is 4.98 Å². The van der Waals surface area contributed by atoms with E-state index in [-0.39, 0.29) is 26.7 Å². The molecule has 224 valence electrons. The van der Waals surface area contributed by atoms with Gasteiger partial charge in [-0.2, -0.15) is 0 Å². The number of Topliss-reactive ketones (excluding diaryl/α,β-unsaturated/α-hetero) is 1. The fourth-order valence-corrected chi connectivity index (χ4v) is 5.88. The van der Waals surface area contributed by atoms with E-state index in [0.717, 1.165) is 27.4 Å². The number of carbonyl (C=O) groups is 4. The third-order valence-electron chi connectivity index (χ3n) is 7.07. The second-order valence-corrected chi connectivity index (χ2v) is 11.0. The molecule has 5 rings (SSSR count). The van der Waals surface area contributed by atoms with Crippen LogP contribution in [0, 0.1) is 13.8 Å². The molecule has 1 unspecified atom stereocenters. The van der Waals surface area contributed by atoms with Gasteiger partial charge < -0.3 is 19.3 Å². The molecule has 0 spiro atoms. The van der Waals surface area contributed by atoms with Crippen LogP contribution in [-0.4, -0.2) is 47.9 Å². The quantitative estimate of drug-likeness (QED) is 0.118. The first kappa shape index (κ1) is 30.2. The third-order valence-corrected chi connectivity index (χ3v) is 8.21. The molecule has 11 heteroatoms. The summed E-state index contributed by atoms with van der Waals surface area (Å²) in [7, 11) is 2.49. The molecule has 1 N–H and O–H groups in total. The van der Waals surface area contributed by atoms with Crippen molar-refractivity contribution in [2.75, 3.05) is 19.1 Å². The lowest BCUT2D eigenvalue weighted by Gasteiger charge is -2.23. The molecule has 1 atom stereocenters. The second-order valence-electron chi connectivity index (χ2n) is 9.99. The summed E-state index contributed by atoms with van der Waals surface area (Å²) in [4.78, 5) is 57.1. The van der Waals surface area contributed by atoms with Crippen LogP contribution in [0.4, 0.5) is 5.13 Å². The van der Waals surface area contributed by atoms with Crippen molar-refractivity contribution in [2.24, 2.45) is 0 Å². The van der Waals surface area contributed by atoms with Crippen LogP contribution in [0.25, 0.3) is 5.76 Å². The van der Waals surface area contributed by atoms with Crippen LogP contribution in [0.15, 0.2) is 78.4 Å². The zero-order chi connectivity index (χ0) is 31.5. The van der Waals surface area contributed by atoms with Gasteiger partial charge in [0.25, 0.3) is 5.78 Å². The first-order valence-corrected chi connectivity index (χ1v) is 14.3. The number of carbonyl (C=O) groups excluding carboxylic acids is 4. The minimum absolute atomic E-state index is 0.0750. The highest BCUT2D eigenvalue weighted by molar-refractivity contribution is 7.17. The zero-order valence-electron chi connectivity index (χ0n) is 24.3. The molecule has 1 aliphatic rings. The summed E-state index contributed by atoms with van der Waals surface area (Å²) in [6.45, 7) is 3.94. The Hall–Kier alpha value is -5.29. The standard InChI is InChI=1S/C33H28N2O8S/c1-18-6-5-7-20(16-18)17-43-24-14-12-22(13-15-24)27(36)25-26(21-8-10-23(11-9-21)31(39)41-3)35(30(38)28(25)37)33-34-19(2)29(44-33)32(40)42-4/h5-16,26,36H,17H2,1-4H3/b27-25+. The Morgan fingerprint density at radius 1 is 0.909 bits per heavy atom. The van der Waals surface area contributed by atoms with Crippen molar-refractivity contribution in [1.29, 1.82) is 0 Å². The van der Waals surface area contributed by atoms with Crippen molar-refractivity contribution in [3.63, 3.8) is 0 Å². The Kier molecular flexibility index (Phi) is 8.59. The highest BCUT2D eigenvalue weighted by Crippen LogP contribution is 2.44. The van der Waals surface area contributed by atoms with Gasteiger partial charge in [-0.3, -0.25) is 14.5 Å². The summed E-state index contributed by atoms with van der Waals surface area (Å²) in [6.07, 6.45) is 0. The predicted octanol–water partition coefficient (Wildman–Crippen LogP) is 5.54. The molecular weight excluding hydrogens is 584 g/mol. The van der Waals surface area contributed by atoms with Crippen molar-refractivity contribution in [2.45, 2.75) is 26.5 Å². The van der Waals surface area contributed by atoms with E-state index in [1.807, 2.05) is 31.2 Å². The predicted molar refractivity (Wildman–Crippen MR) is 163 cm³/mol. The number of hydrogen-bond donors (Lipinski definition) is 1. The van der Waals surface area contributed by atoms with Crippen LogP contribution in [0.1, 0.15) is 54.0 Å². The average molecular weight is 613 g/mol. The summed E-state index contributed by atoms with van der Waals surface area (Å²) < 4.78 is 15.5. The molecule has 1 saturated heterocycles. The molecule has 1 amide bonds. The van der Waals surface area contributed by atoms with Gasteiger partial charge in [0.1, 0.15) is 23.0 Å². The molecule has 2 heterocycles. The average Bonchev–Trinajstić information content (AvgIpc) is 3.55. The summed E-state index contributed by atoms with van der Waals surface area (Å²) in [5.41, 5.74) is 3.22. The van der Waals surface area contributed by atoms with E-state index in [0.29, 0.717) is 23.6 Å². The Balaban J connectivity index is 1.54. The molecule has 4 aromatic rings. The number of benzene rings is 3. The van der Waals surface area contributed by atoms with Crippen molar-refractivity contribution < 1.29 is 38.5 Å². The van der Waals surface area contributed by atoms with E-state index in [4.69, 9.17) is 14.2 Å². The van der Waals surface area contributed by atoms with Crippen molar-refractivity contribution in [3.8, 4) is 5.75 Å². The minimum Gasteiger partial charge on any atom is -0.507 e. The molecule has 0 bridgehead atoms. The molecule has 10 nitrogen and oxygen atoms in total. The number of aliphatic hydroxyl groups is 1. The molecular formula is C33H28N2O8S. The lowest BCUT2D eigenvalue weighted by Crippen LogP contribution is -2.29. The molecule has 0 radical (unpaired) electrons. The number of ketones is 1. The van der Waals surface area contributed by atoms with Gasteiger partial charge in [0, 0.05) is 5.56 Å². The number of aliphatic hydroxyl groups excluding tert-OH is 1. The van der Waals surface area contributed by atoms with Crippen LogP contribution in [0.2, 0.25) is 0 Å². The third kappa shape index (κ3) is 5.82. The number of amides is 1. The minimum atomic E-state index is -1.12. The number of anilines is 1.